The predicted molar refractivity (Wildman–Crippen MR) is 75.7 cm³/mol. The molecule has 0 aliphatic rings. The maximum absolute atomic E-state index is 12.1. The number of likely N-dealkylation sites (N-methyl/N-ethyl adjacent to an activating group) is 1. The topological polar surface area (TPSA) is 84.7 Å². The Morgan fingerprint density at radius 3 is 2.53 bits per heavy atom. The van der Waals surface area contributed by atoms with Crippen LogP contribution >= 0.6 is 0 Å². The first-order valence-corrected chi connectivity index (χ1v) is 7.36. The van der Waals surface area contributed by atoms with Gasteiger partial charge in [-0.3, -0.25) is 0 Å². The molecule has 0 spiro atoms. The van der Waals surface area contributed by atoms with Crippen LogP contribution in [0.15, 0.2) is 23.1 Å². The summed E-state index contributed by atoms with van der Waals surface area (Å²) < 4.78 is 31.7. The number of nitrogens with zero attached hydrogens (tertiary/aromatic N) is 1. The third-order valence-corrected chi connectivity index (χ3v) is 4.38. The van der Waals surface area contributed by atoms with Gasteiger partial charge in [0.1, 0.15) is 5.75 Å². The lowest BCUT2D eigenvalue weighted by molar-refractivity contribution is 0.314. The van der Waals surface area contributed by atoms with Crippen LogP contribution in [0.25, 0.3) is 0 Å². The van der Waals surface area contributed by atoms with Crippen molar-refractivity contribution in [3.8, 4) is 5.75 Å². The Balaban J connectivity index is 2.86. The second-order valence-electron chi connectivity index (χ2n) is 4.57. The standard InChI is InChI=1S/C12H21N3O3S/c1-9(15(2)3)8-14-19(16,17)10-5-6-12(18-4)11(13)7-10/h5-7,9,14H,8,13H2,1-4H3. The molecule has 0 saturated carbocycles. The van der Waals surface area contributed by atoms with Crippen molar-refractivity contribution in [2.75, 3.05) is 33.5 Å². The molecule has 0 aromatic heterocycles. The molecule has 3 N–H and O–H groups in total. The van der Waals surface area contributed by atoms with Gasteiger partial charge in [0.2, 0.25) is 10.0 Å². The molecule has 0 aliphatic heterocycles. The largest absolute Gasteiger partial charge is 0.495 e. The van der Waals surface area contributed by atoms with E-state index in [2.05, 4.69) is 4.72 Å². The minimum absolute atomic E-state index is 0.102. The van der Waals surface area contributed by atoms with Crippen LogP contribution in [0, 0.1) is 0 Å². The number of methoxy groups -OCH3 is 1. The highest BCUT2D eigenvalue weighted by molar-refractivity contribution is 7.89. The zero-order valence-corrected chi connectivity index (χ0v) is 12.5. The maximum atomic E-state index is 12.1. The third-order valence-electron chi connectivity index (χ3n) is 2.96. The molecular formula is C12H21N3O3S. The molecule has 0 amide bonds. The molecule has 19 heavy (non-hydrogen) atoms. The lowest BCUT2D eigenvalue weighted by Gasteiger charge is -2.20. The summed E-state index contributed by atoms with van der Waals surface area (Å²) in [5, 5.41) is 0. The van der Waals surface area contributed by atoms with Gasteiger partial charge in [0.25, 0.3) is 0 Å². The van der Waals surface area contributed by atoms with Crippen LogP contribution in [0.3, 0.4) is 0 Å². The normalized spacial score (nSPS) is 13.5. The molecule has 0 fully saturated rings. The Morgan fingerprint density at radius 1 is 1.42 bits per heavy atom. The fourth-order valence-corrected chi connectivity index (χ4v) is 2.53. The Morgan fingerprint density at radius 2 is 2.05 bits per heavy atom. The average Bonchev–Trinajstić information content (AvgIpc) is 2.35. The molecule has 1 aromatic rings. The lowest BCUT2D eigenvalue weighted by Crippen LogP contribution is -2.38. The number of nitrogens with two attached hydrogens (primary N) is 1. The van der Waals surface area contributed by atoms with Gasteiger partial charge in [-0.2, -0.15) is 0 Å². The molecule has 6 nitrogen and oxygen atoms in total. The Hall–Kier alpha value is -1.31. The number of benzene rings is 1. The molecule has 1 rings (SSSR count). The summed E-state index contributed by atoms with van der Waals surface area (Å²) in [6.07, 6.45) is 0. The van der Waals surface area contributed by atoms with E-state index in [1.165, 1.54) is 19.2 Å². The van der Waals surface area contributed by atoms with Gasteiger partial charge in [0, 0.05) is 12.6 Å². The lowest BCUT2D eigenvalue weighted by atomic mass is 10.3. The van der Waals surface area contributed by atoms with E-state index in [9.17, 15) is 8.42 Å². The van der Waals surface area contributed by atoms with Crippen molar-refractivity contribution in [1.82, 2.24) is 9.62 Å². The van der Waals surface area contributed by atoms with Crippen LogP contribution in [0.5, 0.6) is 5.75 Å². The second kappa shape index (κ2) is 6.23. The summed E-state index contributed by atoms with van der Waals surface area (Å²) in [6.45, 7) is 2.27. The zero-order chi connectivity index (χ0) is 14.6. The number of anilines is 1. The van der Waals surface area contributed by atoms with E-state index in [1.807, 2.05) is 25.9 Å². The second-order valence-corrected chi connectivity index (χ2v) is 6.34. The highest BCUT2D eigenvalue weighted by Gasteiger charge is 2.17. The van der Waals surface area contributed by atoms with E-state index in [0.29, 0.717) is 18.0 Å². The quantitative estimate of drug-likeness (QED) is 0.745. The Labute approximate surface area is 114 Å². The molecule has 1 unspecified atom stereocenters. The van der Waals surface area contributed by atoms with Crippen LogP contribution in [0.1, 0.15) is 6.92 Å². The average molecular weight is 287 g/mol. The predicted octanol–water partition coefficient (Wildman–Crippen LogP) is 0.506. The summed E-state index contributed by atoms with van der Waals surface area (Å²) in [5.41, 5.74) is 6.00. The van der Waals surface area contributed by atoms with Crippen LogP contribution in [0.4, 0.5) is 5.69 Å². The van der Waals surface area contributed by atoms with E-state index >= 15 is 0 Å². The van der Waals surface area contributed by atoms with E-state index in [0.717, 1.165) is 0 Å². The summed E-state index contributed by atoms with van der Waals surface area (Å²) in [6, 6.07) is 4.50. The van der Waals surface area contributed by atoms with Gasteiger partial charge in [-0.25, -0.2) is 13.1 Å². The first-order chi connectivity index (χ1) is 8.77. The van der Waals surface area contributed by atoms with E-state index in [-0.39, 0.29) is 10.9 Å². The monoisotopic (exact) mass is 287 g/mol. The van der Waals surface area contributed by atoms with Crippen molar-refractivity contribution in [3.63, 3.8) is 0 Å². The summed E-state index contributed by atoms with van der Waals surface area (Å²) in [5.74, 6) is 0.459. The number of hydrogen-bond acceptors (Lipinski definition) is 5. The van der Waals surface area contributed by atoms with Crippen LogP contribution < -0.4 is 15.2 Å². The Bertz CT molecular complexity index is 529. The summed E-state index contributed by atoms with van der Waals surface area (Å²) >= 11 is 0. The molecule has 7 heteroatoms. The Kier molecular flexibility index (Phi) is 5.16. The molecular weight excluding hydrogens is 266 g/mol. The van der Waals surface area contributed by atoms with Gasteiger partial charge in [-0.15, -0.1) is 0 Å². The molecule has 1 aromatic carbocycles. The molecule has 0 heterocycles. The maximum Gasteiger partial charge on any atom is 0.240 e. The zero-order valence-electron chi connectivity index (χ0n) is 11.7. The molecule has 0 bridgehead atoms. The minimum Gasteiger partial charge on any atom is -0.495 e. The number of rotatable bonds is 6. The van der Waals surface area contributed by atoms with Crippen molar-refractivity contribution in [2.24, 2.45) is 0 Å². The van der Waals surface area contributed by atoms with Crippen LogP contribution in [-0.2, 0) is 10.0 Å². The summed E-state index contributed by atoms with van der Waals surface area (Å²) in [7, 11) is 1.72. The number of nitrogens with one attached hydrogen (secondary N) is 1. The first kappa shape index (κ1) is 15.7. The fraction of sp³-hybridized carbons (Fsp3) is 0.500. The van der Waals surface area contributed by atoms with Crippen LogP contribution in [-0.4, -0.2) is 47.1 Å². The summed E-state index contributed by atoms with van der Waals surface area (Å²) in [4.78, 5) is 2.07. The molecule has 0 saturated heterocycles. The molecule has 108 valence electrons. The number of hydrogen-bond donors (Lipinski definition) is 2. The SMILES string of the molecule is COc1ccc(S(=O)(=O)NCC(C)N(C)C)cc1N. The molecule has 0 radical (unpaired) electrons. The molecule has 1 atom stereocenters. The number of ether oxygens (including phenoxy) is 1. The van der Waals surface area contributed by atoms with Crippen molar-refractivity contribution < 1.29 is 13.2 Å². The highest BCUT2D eigenvalue weighted by Crippen LogP contribution is 2.24. The van der Waals surface area contributed by atoms with Gasteiger partial charge in [0.05, 0.1) is 17.7 Å². The van der Waals surface area contributed by atoms with Gasteiger partial charge in [-0.1, -0.05) is 0 Å². The van der Waals surface area contributed by atoms with Gasteiger partial charge < -0.3 is 15.4 Å². The minimum atomic E-state index is -3.55. The third kappa shape index (κ3) is 4.09. The fourth-order valence-electron chi connectivity index (χ4n) is 1.38. The molecule has 0 aliphatic carbocycles. The number of sulfonamides is 1. The number of nitrogen functional groups attached to an aromatic ring is 1. The highest BCUT2D eigenvalue weighted by atomic mass is 32.2. The van der Waals surface area contributed by atoms with Gasteiger partial charge in [-0.05, 0) is 39.2 Å². The van der Waals surface area contributed by atoms with Crippen LogP contribution in [0.2, 0.25) is 0 Å². The van der Waals surface area contributed by atoms with E-state index < -0.39 is 10.0 Å². The van der Waals surface area contributed by atoms with Crippen molar-refractivity contribution in [1.29, 1.82) is 0 Å². The smallest absolute Gasteiger partial charge is 0.240 e. The van der Waals surface area contributed by atoms with Crippen molar-refractivity contribution >= 4 is 15.7 Å². The van der Waals surface area contributed by atoms with E-state index in [4.69, 9.17) is 10.5 Å². The van der Waals surface area contributed by atoms with Gasteiger partial charge >= 0.3 is 0 Å². The van der Waals surface area contributed by atoms with Crippen molar-refractivity contribution in [2.45, 2.75) is 17.9 Å². The first-order valence-electron chi connectivity index (χ1n) is 5.87. The van der Waals surface area contributed by atoms with Gasteiger partial charge in [0.15, 0.2) is 0 Å². The van der Waals surface area contributed by atoms with Crippen molar-refractivity contribution in [3.05, 3.63) is 18.2 Å². The van der Waals surface area contributed by atoms with E-state index in [1.54, 1.807) is 6.07 Å².